The SMILES string of the molecule is CC(=O)O[C@H]1[C@@H](OCc2ccccc2)[C@H](OCc2ccccc2)[C@@H](COCc2ccccc2)O[C@@H]1S[C@@H]1O[C@H](COCc2ccccc2)[C@@H](OCc2ccccc2)[C@H](OCc2ccccc2)[C@H]1OCc1ccccc1. The number of hydrogen-bond acceptors (Lipinski definition) is 12. The van der Waals surface area contributed by atoms with Gasteiger partial charge < -0.3 is 47.4 Å². The molecule has 390 valence electrons. The van der Waals surface area contributed by atoms with Gasteiger partial charge in [0.2, 0.25) is 0 Å². The molecule has 9 rings (SSSR count). The number of benzene rings is 7. The zero-order valence-electron chi connectivity index (χ0n) is 42.2. The summed E-state index contributed by atoms with van der Waals surface area (Å²) in [6.45, 7) is 3.64. The molecule has 0 unspecified atom stereocenters. The maximum atomic E-state index is 13.5. The van der Waals surface area contributed by atoms with E-state index in [2.05, 4.69) is 0 Å². The lowest BCUT2D eigenvalue weighted by Gasteiger charge is -2.49. The maximum Gasteiger partial charge on any atom is 0.303 e. The van der Waals surface area contributed by atoms with Gasteiger partial charge in [-0.2, -0.15) is 0 Å². The monoisotopic (exact) mass is 1030 g/mol. The Hall–Kier alpha value is -6.00. The summed E-state index contributed by atoms with van der Waals surface area (Å²) >= 11 is 1.36. The molecule has 0 saturated carbocycles. The highest BCUT2D eigenvalue weighted by atomic mass is 32.2. The molecular weight excluding hydrogens is 965 g/mol. The van der Waals surface area contributed by atoms with Crippen molar-refractivity contribution in [2.45, 2.75) is 113 Å². The first-order valence-corrected chi connectivity index (χ1v) is 26.6. The lowest BCUT2D eigenvalue weighted by atomic mass is 9.98. The number of rotatable bonds is 26. The minimum atomic E-state index is -0.996. The zero-order chi connectivity index (χ0) is 51.3. The van der Waals surface area contributed by atoms with E-state index in [0.717, 1.165) is 38.9 Å². The number of ether oxygens (including phenoxy) is 10. The van der Waals surface area contributed by atoms with E-state index in [1.807, 2.05) is 212 Å². The van der Waals surface area contributed by atoms with Crippen LogP contribution < -0.4 is 0 Å². The van der Waals surface area contributed by atoms with Gasteiger partial charge in [0.1, 0.15) is 53.6 Å². The molecular formula is C63H66O11S. The second-order valence-electron chi connectivity index (χ2n) is 18.6. The molecule has 0 aromatic heterocycles. The molecule has 2 aliphatic rings. The van der Waals surface area contributed by atoms with Crippen LogP contribution in [-0.2, 0) is 98.4 Å². The lowest BCUT2D eigenvalue weighted by molar-refractivity contribution is -0.259. The Balaban J connectivity index is 1.10. The van der Waals surface area contributed by atoms with Gasteiger partial charge in [-0.25, -0.2) is 0 Å². The Morgan fingerprint density at radius 1 is 0.347 bits per heavy atom. The highest BCUT2D eigenvalue weighted by Gasteiger charge is 2.54. The summed E-state index contributed by atoms with van der Waals surface area (Å²) in [7, 11) is 0. The van der Waals surface area contributed by atoms with Crippen molar-refractivity contribution in [3.8, 4) is 0 Å². The molecule has 0 amide bonds. The van der Waals surface area contributed by atoms with Crippen LogP contribution in [0.25, 0.3) is 0 Å². The molecule has 12 heteroatoms. The standard InChI is InChI=1S/C63H66O11S/c1-46(64)72-61-59(70-42-52-33-19-7-20-34-52)57(68-40-50-29-15-5-16-30-50)55(45-66-38-48-25-11-3-12-26-48)74-63(61)75-62-60(71-43-53-35-21-8-22-36-53)58(69-41-51-31-17-6-18-32-51)56(67-39-49-27-13-4-14-28-49)54(73-62)44-65-37-47-23-9-2-10-24-47/h2-36,54-63H,37-45H2,1H3/t54-,55-,56-,57-,58+,59+,60-,61+,62+,63-/m1/s1. The van der Waals surface area contributed by atoms with Crippen molar-refractivity contribution in [2.24, 2.45) is 0 Å². The quantitative estimate of drug-likeness (QED) is 0.0482. The van der Waals surface area contributed by atoms with Crippen molar-refractivity contribution in [1.29, 1.82) is 0 Å². The van der Waals surface area contributed by atoms with Gasteiger partial charge in [-0.3, -0.25) is 4.79 Å². The first-order valence-electron chi connectivity index (χ1n) is 25.7. The van der Waals surface area contributed by atoms with Crippen molar-refractivity contribution in [2.75, 3.05) is 13.2 Å². The Morgan fingerprint density at radius 3 is 0.907 bits per heavy atom. The summed E-state index contributed by atoms with van der Waals surface area (Å²) in [6.07, 6.45) is -6.09. The van der Waals surface area contributed by atoms with Crippen LogP contribution in [-0.4, -0.2) is 78.9 Å². The number of thioether (sulfide) groups is 1. The number of carbonyl (C=O) groups excluding carboxylic acids is 1. The average molecular weight is 1030 g/mol. The summed E-state index contributed by atoms with van der Waals surface area (Å²) in [5, 5.41) is 0. The van der Waals surface area contributed by atoms with Crippen LogP contribution in [0.1, 0.15) is 45.9 Å². The summed E-state index contributed by atoms with van der Waals surface area (Å²) in [4.78, 5) is 13.5. The Bertz CT molecular complexity index is 2680. The van der Waals surface area contributed by atoms with Gasteiger partial charge in [0.15, 0.2) is 6.10 Å². The van der Waals surface area contributed by atoms with Crippen molar-refractivity contribution in [3.05, 3.63) is 251 Å². The highest BCUT2D eigenvalue weighted by Crippen LogP contribution is 2.42. The van der Waals surface area contributed by atoms with Gasteiger partial charge >= 0.3 is 5.97 Å². The van der Waals surface area contributed by atoms with Crippen molar-refractivity contribution in [1.82, 2.24) is 0 Å². The van der Waals surface area contributed by atoms with E-state index in [1.54, 1.807) is 0 Å². The van der Waals surface area contributed by atoms with Crippen molar-refractivity contribution < 1.29 is 52.2 Å². The third-order valence-electron chi connectivity index (χ3n) is 13.0. The molecule has 0 spiro atoms. The first-order chi connectivity index (χ1) is 37.0. The normalized spacial score (nSPS) is 23.6. The third kappa shape index (κ3) is 16.3. The Morgan fingerprint density at radius 2 is 0.600 bits per heavy atom. The van der Waals surface area contributed by atoms with E-state index >= 15 is 0 Å². The van der Waals surface area contributed by atoms with Gasteiger partial charge in [0, 0.05) is 6.92 Å². The van der Waals surface area contributed by atoms with E-state index in [-0.39, 0.29) is 46.2 Å². The predicted octanol–water partition coefficient (Wildman–Crippen LogP) is 11.5. The molecule has 7 aromatic carbocycles. The molecule has 2 saturated heterocycles. The van der Waals surface area contributed by atoms with Crippen LogP contribution in [0.5, 0.6) is 0 Å². The smallest absolute Gasteiger partial charge is 0.303 e. The largest absolute Gasteiger partial charge is 0.456 e. The lowest BCUT2D eigenvalue weighted by Crippen LogP contribution is -2.63. The molecule has 2 fully saturated rings. The van der Waals surface area contributed by atoms with Crippen LogP contribution in [0.4, 0.5) is 0 Å². The zero-order valence-corrected chi connectivity index (χ0v) is 43.1. The minimum absolute atomic E-state index is 0.136. The highest BCUT2D eigenvalue weighted by molar-refractivity contribution is 8.00. The molecule has 0 N–H and O–H groups in total. The summed E-state index contributed by atoms with van der Waals surface area (Å²) in [5.74, 6) is -0.504. The molecule has 2 aliphatic heterocycles. The fourth-order valence-electron chi connectivity index (χ4n) is 9.22. The molecule has 0 radical (unpaired) electrons. The molecule has 10 atom stereocenters. The number of hydrogen-bond donors (Lipinski definition) is 0. The number of carbonyl (C=O) groups is 1. The van der Waals surface area contributed by atoms with E-state index in [9.17, 15) is 4.79 Å². The molecule has 0 aliphatic carbocycles. The van der Waals surface area contributed by atoms with Crippen LogP contribution in [0.3, 0.4) is 0 Å². The van der Waals surface area contributed by atoms with Crippen LogP contribution in [0, 0.1) is 0 Å². The fraction of sp³-hybridized carbons (Fsp3) is 0.317. The van der Waals surface area contributed by atoms with Crippen LogP contribution in [0.15, 0.2) is 212 Å². The molecule has 2 heterocycles. The topological polar surface area (TPSA) is 109 Å². The van der Waals surface area contributed by atoms with Gasteiger partial charge in [-0.15, -0.1) is 0 Å². The van der Waals surface area contributed by atoms with Gasteiger partial charge in [-0.05, 0) is 38.9 Å². The van der Waals surface area contributed by atoms with Gasteiger partial charge in [0.05, 0.1) is 59.5 Å². The second kappa shape index (κ2) is 28.8. The summed E-state index contributed by atoms with van der Waals surface area (Å²) in [5.41, 5.74) is 5.18. The average Bonchev–Trinajstić information content (AvgIpc) is 3.45. The third-order valence-corrected chi connectivity index (χ3v) is 14.3. The molecule has 11 nitrogen and oxygen atoms in total. The van der Waals surface area contributed by atoms with E-state index < -0.39 is 65.7 Å². The van der Waals surface area contributed by atoms with E-state index in [4.69, 9.17) is 47.4 Å². The second-order valence-corrected chi connectivity index (χ2v) is 19.8. The van der Waals surface area contributed by atoms with E-state index in [1.165, 1.54) is 18.7 Å². The fourth-order valence-corrected chi connectivity index (χ4v) is 10.7. The summed E-state index contributed by atoms with van der Waals surface area (Å²) in [6, 6.07) is 70.0. The maximum absolute atomic E-state index is 13.5. The predicted molar refractivity (Wildman–Crippen MR) is 288 cm³/mol. The first kappa shape index (κ1) is 53.8. The van der Waals surface area contributed by atoms with Gasteiger partial charge in [0.25, 0.3) is 0 Å². The Labute approximate surface area is 445 Å². The number of esters is 1. The van der Waals surface area contributed by atoms with Gasteiger partial charge in [-0.1, -0.05) is 224 Å². The Kier molecular flexibility index (Phi) is 20.6. The summed E-state index contributed by atoms with van der Waals surface area (Å²) < 4.78 is 69.0. The minimum Gasteiger partial charge on any atom is -0.456 e. The van der Waals surface area contributed by atoms with Crippen molar-refractivity contribution >= 4 is 17.7 Å². The molecule has 0 bridgehead atoms. The van der Waals surface area contributed by atoms with Crippen LogP contribution >= 0.6 is 11.8 Å². The van der Waals surface area contributed by atoms with Crippen molar-refractivity contribution in [3.63, 3.8) is 0 Å². The van der Waals surface area contributed by atoms with E-state index in [0.29, 0.717) is 13.2 Å². The molecule has 7 aromatic rings. The molecule has 75 heavy (non-hydrogen) atoms. The van der Waals surface area contributed by atoms with Crippen LogP contribution in [0.2, 0.25) is 0 Å².